The van der Waals surface area contributed by atoms with Gasteiger partial charge in [-0.1, -0.05) is 6.07 Å². The van der Waals surface area contributed by atoms with Crippen molar-refractivity contribution in [2.75, 3.05) is 6.54 Å². The van der Waals surface area contributed by atoms with Crippen molar-refractivity contribution in [1.29, 1.82) is 0 Å². The molecule has 2 aromatic rings. The largest absolute Gasteiger partial charge is 0.347 e. The minimum Gasteiger partial charge on any atom is -0.309 e. The van der Waals surface area contributed by atoms with Crippen molar-refractivity contribution in [3.8, 4) is 0 Å². The molecule has 0 radical (unpaired) electrons. The highest BCUT2D eigenvalue weighted by atomic mass is 16.1. The molecule has 0 bridgehead atoms. The third kappa shape index (κ3) is 3.49. The number of nitrogens with one attached hydrogen (secondary N) is 1. The fourth-order valence-electron chi connectivity index (χ4n) is 1.64. The number of pyridine rings is 1. The molecule has 1 N–H and O–H groups in total. The molecule has 0 aliphatic rings. The highest BCUT2D eigenvalue weighted by Crippen LogP contribution is 1.92. The van der Waals surface area contributed by atoms with Crippen LogP contribution in [0.15, 0.2) is 41.6 Å². The number of hydrogen-bond donors (Lipinski definition) is 1. The first-order valence-electron chi connectivity index (χ1n) is 5.89. The summed E-state index contributed by atoms with van der Waals surface area (Å²) in [6, 6.07) is 5.81. The van der Waals surface area contributed by atoms with Crippen LogP contribution in [-0.4, -0.2) is 21.1 Å². The van der Waals surface area contributed by atoms with Crippen LogP contribution in [0.5, 0.6) is 0 Å². The third-order valence-corrected chi connectivity index (χ3v) is 2.55. The van der Waals surface area contributed by atoms with Crippen LogP contribution in [0.4, 0.5) is 0 Å². The fourth-order valence-corrected chi connectivity index (χ4v) is 1.64. The standard InChI is InChI=1S/C13H16N4O/c1-11-8-16-13(18)17(10-11)7-6-14-9-12-4-2-3-5-15-12/h2-5,8,10,14H,6-7,9H2,1H3. The summed E-state index contributed by atoms with van der Waals surface area (Å²) in [5, 5.41) is 3.25. The van der Waals surface area contributed by atoms with E-state index in [9.17, 15) is 4.79 Å². The Labute approximate surface area is 106 Å². The molecule has 0 saturated carbocycles. The van der Waals surface area contributed by atoms with E-state index in [0.29, 0.717) is 19.6 Å². The maximum absolute atomic E-state index is 11.4. The summed E-state index contributed by atoms with van der Waals surface area (Å²) in [6.45, 7) is 3.95. The van der Waals surface area contributed by atoms with Crippen molar-refractivity contribution in [2.24, 2.45) is 0 Å². The molecule has 0 aromatic carbocycles. The van der Waals surface area contributed by atoms with E-state index in [-0.39, 0.29) is 5.69 Å². The van der Waals surface area contributed by atoms with Crippen LogP contribution in [0.25, 0.3) is 0 Å². The van der Waals surface area contributed by atoms with Crippen molar-refractivity contribution in [3.05, 3.63) is 58.5 Å². The summed E-state index contributed by atoms with van der Waals surface area (Å²) in [4.78, 5) is 19.4. The van der Waals surface area contributed by atoms with Crippen LogP contribution in [0.1, 0.15) is 11.3 Å². The molecule has 2 aromatic heterocycles. The molecule has 0 saturated heterocycles. The van der Waals surface area contributed by atoms with Crippen molar-refractivity contribution >= 4 is 0 Å². The molecule has 0 fully saturated rings. The van der Waals surface area contributed by atoms with Crippen molar-refractivity contribution in [3.63, 3.8) is 0 Å². The van der Waals surface area contributed by atoms with Gasteiger partial charge in [-0.05, 0) is 24.6 Å². The molecular formula is C13H16N4O. The summed E-state index contributed by atoms with van der Waals surface area (Å²) in [5.74, 6) is 0. The summed E-state index contributed by atoms with van der Waals surface area (Å²) in [5.41, 5.74) is 1.77. The molecule has 94 valence electrons. The minimum absolute atomic E-state index is 0.208. The Bertz CT molecular complexity index is 550. The van der Waals surface area contributed by atoms with Crippen LogP contribution in [-0.2, 0) is 13.1 Å². The normalized spacial score (nSPS) is 10.5. The maximum atomic E-state index is 11.4. The van der Waals surface area contributed by atoms with E-state index in [1.54, 1.807) is 17.0 Å². The Morgan fingerprint density at radius 2 is 2.22 bits per heavy atom. The molecule has 18 heavy (non-hydrogen) atoms. The predicted octanol–water partition coefficient (Wildman–Crippen LogP) is 0.737. The lowest BCUT2D eigenvalue weighted by Crippen LogP contribution is -2.28. The van der Waals surface area contributed by atoms with Gasteiger partial charge in [0.2, 0.25) is 0 Å². The molecule has 0 unspecified atom stereocenters. The second-order valence-electron chi connectivity index (χ2n) is 4.11. The van der Waals surface area contributed by atoms with Crippen molar-refractivity contribution in [1.82, 2.24) is 19.9 Å². The molecule has 0 aliphatic heterocycles. The fraction of sp³-hybridized carbons (Fsp3) is 0.308. The summed E-state index contributed by atoms with van der Waals surface area (Å²) in [7, 11) is 0. The van der Waals surface area contributed by atoms with Crippen LogP contribution < -0.4 is 11.0 Å². The number of rotatable bonds is 5. The van der Waals surface area contributed by atoms with Crippen molar-refractivity contribution < 1.29 is 0 Å². The van der Waals surface area contributed by atoms with Gasteiger partial charge >= 0.3 is 5.69 Å². The van der Waals surface area contributed by atoms with Gasteiger partial charge in [0, 0.05) is 38.2 Å². The molecule has 0 spiro atoms. The van der Waals surface area contributed by atoms with Gasteiger partial charge in [0.1, 0.15) is 0 Å². The average Bonchev–Trinajstić information content (AvgIpc) is 2.40. The van der Waals surface area contributed by atoms with Gasteiger partial charge in [0.15, 0.2) is 0 Å². The third-order valence-electron chi connectivity index (χ3n) is 2.55. The Morgan fingerprint density at radius 3 is 3.00 bits per heavy atom. The lowest BCUT2D eigenvalue weighted by atomic mass is 10.3. The second-order valence-corrected chi connectivity index (χ2v) is 4.11. The Morgan fingerprint density at radius 1 is 1.33 bits per heavy atom. The van der Waals surface area contributed by atoms with E-state index < -0.39 is 0 Å². The average molecular weight is 244 g/mol. The van der Waals surface area contributed by atoms with E-state index >= 15 is 0 Å². The molecule has 0 atom stereocenters. The van der Waals surface area contributed by atoms with Crippen LogP contribution in [0.3, 0.4) is 0 Å². The molecular weight excluding hydrogens is 228 g/mol. The Kier molecular flexibility index (Phi) is 4.20. The summed E-state index contributed by atoms with van der Waals surface area (Å²) < 4.78 is 1.61. The lowest BCUT2D eigenvalue weighted by Gasteiger charge is -2.07. The van der Waals surface area contributed by atoms with Crippen LogP contribution in [0, 0.1) is 6.92 Å². The highest BCUT2D eigenvalue weighted by Gasteiger charge is 1.97. The molecule has 0 amide bonds. The zero-order valence-corrected chi connectivity index (χ0v) is 10.3. The van der Waals surface area contributed by atoms with E-state index in [1.165, 1.54) is 0 Å². The summed E-state index contributed by atoms with van der Waals surface area (Å²) >= 11 is 0. The van der Waals surface area contributed by atoms with Gasteiger partial charge in [-0.15, -0.1) is 0 Å². The minimum atomic E-state index is -0.208. The van der Waals surface area contributed by atoms with Gasteiger partial charge < -0.3 is 5.32 Å². The first-order valence-corrected chi connectivity index (χ1v) is 5.89. The van der Waals surface area contributed by atoms with Crippen LogP contribution >= 0.6 is 0 Å². The van der Waals surface area contributed by atoms with Gasteiger partial charge in [-0.3, -0.25) is 9.55 Å². The first-order chi connectivity index (χ1) is 8.75. The molecule has 2 heterocycles. The number of aryl methyl sites for hydroxylation is 1. The smallest absolute Gasteiger partial charge is 0.309 e. The zero-order chi connectivity index (χ0) is 12.8. The Hall–Kier alpha value is -2.01. The van der Waals surface area contributed by atoms with Gasteiger partial charge in [0.25, 0.3) is 0 Å². The second kappa shape index (κ2) is 6.07. The monoisotopic (exact) mass is 244 g/mol. The first kappa shape index (κ1) is 12.4. The number of aromatic nitrogens is 3. The van der Waals surface area contributed by atoms with E-state index in [0.717, 1.165) is 11.3 Å². The number of nitrogens with zero attached hydrogens (tertiary/aromatic N) is 3. The molecule has 5 heteroatoms. The maximum Gasteiger partial charge on any atom is 0.347 e. The van der Waals surface area contributed by atoms with Gasteiger partial charge in [-0.2, -0.15) is 0 Å². The van der Waals surface area contributed by atoms with Crippen molar-refractivity contribution in [2.45, 2.75) is 20.0 Å². The Balaban J connectivity index is 1.82. The highest BCUT2D eigenvalue weighted by molar-refractivity contribution is 5.03. The number of hydrogen-bond acceptors (Lipinski definition) is 4. The quantitative estimate of drug-likeness (QED) is 0.788. The lowest BCUT2D eigenvalue weighted by molar-refractivity contribution is 0.570. The topological polar surface area (TPSA) is 59.8 Å². The molecule has 5 nitrogen and oxygen atoms in total. The predicted molar refractivity (Wildman–Crippen MR) is 69.2 cm³/mol. The van der Waals surface area contributed by atoms with Crippen LogP contribution in [0.2, 0.25) is 0 Å². The molecule has 2 rings (SSSR count). The zero-order valence-electron chi connectivity index (χ0n) is 10.3. The van der Waals surface area contributed by atoms with Gasteiger partial charge in [0.05, 0.1) is 5.69 Å². The van der Waals surface area contributed by atoms with E-state index in [4.69, 9.17) is 0 Å². The van der Waals surface area contributed by atoms with E-state index in [2.05, 4.69) is 15.3 Å². The molecule has 0 aliphatic carbocycles. The SMILES string of the molecule is Cc1cnc(=O)n(CCNCc2ccccn2)c1. The van der Waals surface area contributed by atoms with E-state index in [1.807, 2.05) is 31.3 Å². The summed E-state index contributed by atoms with van der Waals surface area (Å²) in [6.07, 6.45) is 5.17. The van der Waals surface area contributed by atoms with Gasteiger partial charge in [-0.25, -0.2) is 9.78 Å².